The summed E-state index contributed by atoms with van der Waals surface area (Å²) in [6.07, 6.45) is 0. The standard InChI is InChI=1S/C28H33N5O5S/c1-22-7-10-24(11-8-22)39(36,37)32-19-17-29(18-20-32)23-9-12-25(33(34)35)27(21-23)31-15-13-30(14-16-31)26-5-3-4-6-28(26)38-2/h3-12,21H,13-20H2,1-2H3. The highest BCUT2D eigenvalue weighted by atomic mass is 32.2. The first-order chi connectivity index (χ1) is 18.8. The lowest BCUT2D eigenvalue weighted by Gasteiger charge is -2.38. The van der Waals surface area contributed by atoms with E-state index >= 15 is 0 Å². The average Bonchev–Trinajstić information content (AvgIpc) is 2.97. The molecule has 0 N–H and O–H groups in total. The smallest absolute Gasteiger partial charge is 0.292 e. The van der Waals surface area contributed by atoms with Gasteiger partial charge in [0.25, 0.3) is 5.69 Å². The van der Waals surface area contributed by atoms with Crippen LogP contribution in [0.2, 0.25) is 0 Å². The Hall–Kier alpha value is -3.83. The van der Waals surface area contributed by atoms with E-state index in [-0.39, 0.29) is 10.6 Å². The van der Waals surface area contributed by atoms with Crippen molar-refractivity contribution in [3.05, 3.63) is 82.4 Å². The van der Waals surface area contributed by atoms with Gasteiger partial charge >= 0.3 is 0 Å². The first-order valence-electron chi connectivity index (χ1n) is 13.0. The number of nitro benzene ring substituents is 1. The van der Waals surface area contributed by atoms with Crippen LogP contribution in [-0.4, -0.2) is 77.1 Å². The molecule has 5 rings (SSSR count). The van der Waals surface area contributed by atoms with Gasteiger partial charge in [0.2, 0.25) is 10.0 Å². The number of sulfonamides is 1. The molecule has 0 aromatic heterocycles. The molecule has 206 valence electrons. The molecule has 0 saturated carbocycles. The number of nitrogens with zero attached hydrogens (tertiary/aromatic N) is 5. The highest BCUT2D eigenvalue weighted by Gasteiger charge is 2.30. The van der Waals surface area contributed by atoms with Crippen molar-refractivity contribution in [1.82, 2.24) is 4.31 Å². The fourth-order valence-electron chi connectivity index (χ4n) is 5.24. The van der Waals surface area contributed by atoms with Gasteiger partial charge in [-0.05, 0) is 43.3 Å². The largest absolute Gasteiger partial charge is 0.495 e. The molecule has 0 amide bonds. The van der Waals surface area contributed by atoms with E-state index in [1.807, 2.05) is 37.3 Å². The number of rotatable bonds is 7. The van der Waals surface area contributed by atoms with Crippen molar-refractivity contribution in [2.75, 3.05) is 74.2 Å². The van der Waals surface area contributed by atoms with Crippen LogP contribution in [0.1, 0.15) is 5.56 Å². The number of ether oxygens (including phenoxy) is 1. The third-order valence-electron chi connectivity index (χ3n) is 7.46. The zero-order valence-corrected chi connectivity index (χ0v) is 23.0. The Morgan fingerprint density at radius 2 is 1.36 bits per heavy atom. The van der Waals surface area contributed by atoms with Crippen LogP contribution in [0, 0.1) is 17.0 Å². The van der Waals surface area contributed by atoms with E-state index in [0.29, 0.717) is 62.9 Å². The molecule has 0 atom stereocenters. The zero-order chi connectivity index (χ0) is 27.6. The molecule has 3 aromatic rings. The summed E-state index contributed by atoms with van der Waals surface area (Å²) in [7, 11) is -1.91. The minimum atomic E-state index is -3.57. The summed E-state index contributed by atoms with van der Waals surface area (Å²) in [6.45, 7) is 6.30. The molecular weight excluding hydrogens is 518 g/mol. The van der Waals surface area contributed by atoms with Gasteiger partial charge in [-0.2, -0.15) is 4.31 Å². The van der Waals surface area contributed by atoms with Gasteiger partial charge in [0, 0.05) is 64.1 Å². The summed E-state index contributed by atoms with van der Waals surface area (Å²) in [5, 5.41) is 11.9. The average molecular weight is 552 g/mol. The van der Waals surface area contributed by atoms with Crippen molar-refractivity contribution in [2.45, 2.75) is 11.8 Å². The predicted octanol–water partition coefficient (Wildman–Crippen LogP) is 3.75. The number of methoxy groups -OCH3 is 1. The second kappa shape index (κ2) is 11.1. The van der Waals surface area contributed by atoms with Crippen LogP contribution in [0.3, 0.4) is 0 Å². The Labute approximate surface area is 229 Å². The fraction of sp³-hybridized carbons (Fsp3) is 0.357. The summed E-state index contributed by atoms with van der Waals surface area (Å²) in [4.78, 5) is 18.3. The molecule has 2 fully saturated rings. The minimum absolute atomic E-state index is 0.0741. The summed E-state index contributed by atoms with van der Waals surface area (Å²) >= 11 is 0. The maximum Gasteiger partial charge on any atom is 0.292 e. The van der Waals surface area contributed by atoms with E-state index in [2.05, 4.69) is 14.7 Å². The first kappa shape index (κ1) is 26.8. The quantitative estimate of drug-likeness (QED) is 0.323. The van der Waals surface area contributed by atoms with Crippen molar-refractivity contribution in [3.63, 3.8) is 0 Å². The van der Waals surface area contributed by atoms with Gasteiger partial charge in [0.15, 0.2) is 0 Å². The summed E-state index contributed by atoms with van der Waals surface area (Å²) in [5.41, 5.74) is 3.54. The van der Waals surface area contributed by atoms with Crippen LogP contribution in [0.25, 0.3) is 0 Å². The first-order valence-corrected chi connectivity index (χ1v) is 14.4. The Balaban J connectivity index is 1.29. The van der Waals surface area contributed by atoms with Crippen molar-refractivity contribution >= 4 is 32.8 Å². The molecule has 0 radical (unpaired) electrons. The lowest BCUT2D eigenvalue weighted by atomic mass is 10.1. The Morgan fingerprint density at radius 3 is 1.97 bits per heavy atom. The highest BCUT2D eigenvalue weighted by molar-refractivity contribution is 7.89. The van der Waals surface area contributed by atoms with Gasteiger partial charge in [0.05, 0.1) is 22.6 Å². The molecule has 3 aromatic carbocycles. The molecule has 0 aliphatic carbocycles. The summed E-state index contributed by atoms with van der Waals surface area (Å²) < 4.78 is 33.2. The Bertz CT molecular complexity index is 1430. The van der Waals surface area contributed by atoms with Crippen LogP contribution in [0.15, 0.2) is 71.6 Å². The van der Waals surface area contributed by atoms with Crippen LogP contribution < -0.4 is 19.4 Å². The molecule has 0 unspecified atom stereocenters. The molecule has 2 aliphatic heterocycles. The maximum atomic E-state index is 13.1. The third-order valence-corrected chi connectivity index (χ3v) is 9.38. The van der Waals surface area contributed by atoms with Crippen LogP contribution in [0.5, 0.6) is 5.75 Å². The third kappa shape index (κ3) is 5.50. The number of nitro groups is 1. The van der Waals surface area contributed by atoms with E-state index in [0.717, 1.165) is 22.7 Å². The van der Waals surface area contributed by atoms with E-state index in [9.17, 15) is 18.5 Å². The Kier molecular flexibility index (Phi) is 7.62. The number of para-hydroxylation sites is 2. The molecule has 0 bridgehead atoms. The van der Waals surface area contributed by atoms with Gasteiger partial charge in [-0.15, -0.1) is 0 Å². The molecule has 2 saturated heterocycles. The number of benzene rings is 3. The lowest BCUT2D eigenvalue weighted by molar-refractivity contribution is -0.384. The summed E-state index contributed by atoms with van der Waals surface area (Å²) in [6, 6.07) is 20.0. The summed E-state index contributed by atoms with van der Waals surface area (Å²) in [5.74, 6) is 0.808. The topological polar surface area (TPSA) is 99.5 Å². The number of hydrogen-bond donors (Lipinski definition) is 0. The molecule has 11 heteroatoms. The lowest BCUT2D eigenvalue weighted by Crippen LogP contribution is -2.49. The van der Waals surface area contributed by atoms with Gasteiger partial charge in [-0.3, -0.25) is 10.1 Å². The molecular formula is C28H33N5O5S. The van der Waals surface area contributed by atoms with Gasteiger partial charge in [-0.25, -0.2) is 8.42 Å². The van der Waals surface area contributed by atoms with Crippen molar-refractivity contribution in [3.8, 4) is 5.75 Å². The highest BCUT2D eigenvalue weighted by Crippen LogP contribution is 2.35. The van der Waals surface area contributed by atoms with Gasteiger partial charge < -0.3 is 19.4 Å². The molecule has 2 aliphatic rings. The predicted molar refractivity (Wildman–Crippen MR) is 153 cm³/mol. The second-order valence-corrected chi connectivity index (χ2v) is 11.7. The van der Waals surface area contributed by atoms with Crippen LogP contribution >= 0.6 is 0 Å². The van der Waals surface area contributed by atoms with Crippen molar-refractivity contribution in [2.24, 2.45) is 0 Å². The van der Waals surface area contributed by atoms with Crippen molar-refractivity contribution < 1.29 is 18.1 Å². The van der Waals surface area contributed by atoms with Gasteiger partial charge in [-0.1, -0.05) is 29.8 Å². The number of piperazine rings is 2. The van der Waals surface area contributed by atoms with E-state index in [4.69, 9.17) is 4.74 Å². The SMILES string of the molecule is COc1ccccc1N1CCN(c2cc(N3CCN(S(=O)(=O)c4ccc(C)cc4)CC3)ccc2[N+](=O)[O-])CC1. The maximum absolute atomic E-state index is 13.1. The number of hydrogen-bond acceptors (Lipinski definition) is 8. The minimum Gasteiger partial charge on any atom is -0.495 e. The number of anilines is 3. The fourth-order valence-corrected chi connectivity index (χ4v) is 6.66. The van der Waals surface area contributed by atoms with Crippen molar-refractivity contribution in [1.29, 1.82) is 0 Å². The monoisotopic (exact) mass is 551 g/mol. The molecule has 0 spiro atoms. The van der Waals surface area contributed by atoms with Crippen LogP contribution in [-0.2, 0) is 10.0 Å². The second-order valence-electron chi connectivity index (χ2n) is 9.78. The molecule has 10 nitrogen and oxygen atoms in total. The Morgan fingerprint density at radius 1 is 0.769 bits per heavy atom. The van der Waals surface area contributed by atoms with E-state index < -0.39 is 10.0 Å². The van der Waals surface area contributed by atoms with E-state index in [1.165, 1.54) is 4.31 Å². The zero-order valence-electron chi connectivity index (χ0n) is 22.2. The molecule has 2 heterocycles. The van der Waals surface area contributed by atoms with E-state index in [1.54, 1.807) is 43.5 Å². The van der Waals surface area contributed by atoms with Crippen LogP contribution in [0.4, 0.5) is 22.7 Å². The number of aryl methyl sites for hydroxylation is 1. The van der Waals surface area contributed by atoms with Gasteiger partial charge in [0.1, 0.15) is 11.4 Å². The normalized spacial score (nSPS) is 16.8. The molecule has 39 heavy (non-hydrogen) atoms.